The summed E-state index contributed by atoms with van der Waals surface area (Å²) in [5.74, 6) is -2.71. The van der Waals surface area contributed by atoms with Gasteiger partial charge in [-0.3, -0.25) is 0 Å². The lowest BCUT2D eigenvalue weighted by Crippen LogP contribution is -2.66. The van der Waals surface area contributed by atoms with Gasteiger partial charge in [0.1, 0.15) is 48.3 Å². The Kier molecular flexibility index (Phi) is 21.4. The van der Waals surface area contributed by atoms with E-state index in [-0.39, 0.29) is 5.56 Å². The van der Waals surface area contributed by atoms with Crippen molar-refractivity contribution < 1.29 is 57.8 Å². The van der Waals surface area contributed by atoms with E-state index in [1.807, 2.05) is 6.08 Å². The van der Waals surface area contributed by atoms with Gasteiger partial charge in [0.2, 0.25) is 0 Å². The average Bonchev–Trinajstić information content (AvgIpc) is 3.13. The van der Waals surface area contributed by atoms with Crippen LogP contribution in [-0.2, 0) is 33.2 Å². The Labute approximate surface area is 338 Å². The van der Waals surface area contributed by atoms with Crippen LogP contribution < -0.4 is 0 Å². The monoisotopic (exact) mass is 805 g/mol. The average molecular weight is 806 g/mol. The van der Waals surface area contributed by atoms with E-state index in [2.05, 4.69) is 16.9 Å². The zero-order valence-corrected chi connectivity index (χ0v) is 35.2. The summed E-state index contributed by atoms with van der Waals surface area (Å²) in [4.78, 5) is 41.2. The molecule has 0 radical (unpaired) electrons. The van der Waals surface area contributed by atoms with Gasteiger partial charge in [0.05, 0.1) is 12.2 Å². The third-order valence-corrected chi connectivity index (χ3v) is 9.00. The first kappa shape index (κ1) is 49.3. The predicted molar refractivity (Wildman–Crippen MR) is 213 cm³/mol. The Morgan fingerprint density at radius 1 is 0.895 bits per heavy atom. The van der Waals surface area contributed by atoms with Crippen LogP contribution in [0.5, 0.6) is 0 Å². The molecule has 0 aromatic heterocycles. The van der Waals surface area contributed by atoms with Crippen molar-refractivity contribution in [2.75, 3.05) is 13.2 Å². The number of carbonyl (C=O) groups excluding carboxylic acids is 3. The van der Waals surface area contributed by atoms with Gasteiger partial charge in [-0.15, -0.1) is 0 Å². The third-order valence-electron chi connectivity index (χ3n) is 9.00. The van der Waals surface area contributed by atoms with Crippen molar-refractivity contribution in [3.05, 3.63) is 58.5 Å². The Morgan fingerprint density at radius 2 is 1.46 bits per heavy atom. The number of aliphatic hydroxyl groups is 2. The van der Waals surface area contributed by atoms with Crippen LogP contribution in [0, 0.1) is 0 Å². The molecular formula is C42H67N3O12. The molecule has 1 heterocycles. The maximum Gasteiger partial charge on any atom is 0.509 e. The summed E-state index contributed by atoms with van der Waals surface area (Å²) < 4.78 is 39.0. The van der Waals surface area contributed by atoms with E-state index in [0.29, 0.717) is 6.42 Å². The van der Waals surface area contributed by atoms with E-state index in [4.69, 9.17) is 33.2 Å². The molecular weight excluding hydrogens is 738 g/mol. The van der Waals surface area contributed by atoms with Crippen molar-refractivity contribution in [2.24, 2.45) is 5.11 Å². The van der Waals surface area contributed by atoms with Crippen LogP contribution in [0.3, 0.4) is 0 Å². The normalized spacial score (nSPS) is 22.2. The number of esters is 1. The highest BCUT2D eigenvalue weighted by Gasteiger charge is 2.55. The summed E-state index contributed by atoms with van der Waals surface area (Å²) in [6.07, 6.45) is 7.49. The summed E-state index contributed by atoms with van der Waals surface area (Å²) in [7, 11) is 0. The summed E-state index contributed by atoms with van der Waals surface area (Å²) in [6, 6.07) is 7.18. The SMILES string of the molecule is CCCCCCCCCCCCCC=C[C@@H](OC(=O)c1ccccc1)[C@H](CO[C@]1(C)O[C@H](COC(=O)OC(C)(C)C)[C@H](OC(=O)OC(C)(C)C)[C@H](O)[C@H]1O)N=[N+]=[N-]. The van der Waals surface area contributed by atoms with Crippen LogP contribution in [0.2, 0.25) is 0 Å². The number of aliphatic hydroxyl groups excluding tert-OH is 2. The van der Waals surface area contributed by atoms with Crippen molar-refractivity contribution >= 4 is 18.3 Å². The predicted octanol–water partition coefficient (Wildman–Crippen LogP) is 9.27. The number of nitrogens with zero attached hydrogens (tertiary/aromatic N) is 3. The van der Waals surface area contributed by atoms with E-state index < -0.39 is 85.0 Å². The second-order valence-corrected chi connectivity index (χ2v) is 16.5. The molecule has 1 fully saturated rings. The first-order valence-electron chi connectivity index (χ1n) is 20.3. The molecule has 1 aliphatic rings. The number of azide groups is 1. The molecule has 1 aromatic rings. The number of hydrogen-bond donors (Lipinski definition) is 2. The molecule has 322 valence electrons. The smallest absolute Gasteiger partial charge is 0.454 e. The molecule has 0 spiro atoms. The molecule has 15 nitrogen and oxygen atoms in total. The molecule has 1 aromatic carbocycles. The van der Waals surface area contributed by atoms with Gasteiger partial charge in [0, 0.05) is 4.91 Å². The molecule has 1 aliphatic heterocycles. The van der Waals surface area contributed by atoms with Crippen LogP contribution in [-0.4, -0.2) is 95.3 Å². The first-order chi connectivity index (χ1) is 26.9. The molecule has 0 saturated carbocycles. The summed E-state index contributed by atoms with van der Waals surface area (Å²) >= 11 is 0. The number of unbranched alkanes of at least 4 members (excludes halogenated alkanes) is 11. The van der Waals surface area contributed by atoms with Gasteiger partial charge in [-0.25, -0.2) is 14.4 Å². The lowest BCUT2D eigenvalue weighted by Gasteiger charge is -2.47. The largest absolute Gasteiger partial charge is 0.509 e. The second-order valence-electron chi connectivity index (χ2n) is 16.5. The van der Waals surface area contributed by atoms with Crippen LogP contribution in [0.15, 0.2) is 47.6 Å². The minimum Gasteiger partial charge on any atom is -0.454 e. The van der Waals surface area contributed by atoms with Crippen LogP contribution in [0.1, 0.15) is 143 Å². The summed E-state index contributed by atoms with van der Waals surface area (Å²) in [6.45, 7) is 12.2. The minimum absolute atomic E-state index is 0.284. The maximum atomic E-state index is 13.2. The number of carbonyl (C=O) groups is 3. The van der Waals surface area contributed by atoms with Gasteiger partial charge >= 0.3 is 18.3 Å². The number of rotatable bonds is 23. The number of allylic oxidation sites excluding steroid dienone is 1. The van der Waals surface area contributed by atoms with E-state index >= 15 is 0 Å². The topological polar surface area (TPSA) is 205 Å². The molecule has 0 amide bonds. The molecule has 0 aliphatic carbocycles. The number of benzene rings is 1. The van der Waals surface area contributed by atoms with E-state index in [0.717, 1.165) is 19.3 Å². The second kappa shape index (κ2) is 24.8. The standard InChI is InChI=1S/C42H67N3O12/c1-9-10-11-12-13-14-15-16-17-18-19-20-24-27-32(53-37(48)30-25-22-21-23-26-30)31(44-45-43)28-52-42(8)36(47)34(46)35(54-39(50)57-41(5,6)7)33(55-42)29-51-38(49)56-40(2,3)4/h21-27,31-36,46-47H,9-20,28-29H2,1-8H3/t31-,32+,33+,34-,35-,36+,42+/m0/s1. The highest BCUT2D eigenvalue weighted by Crippen LogP contribution is 2.34. The Hall–Kier alpha value is -3.88. The van der Waals surface area contributed by atoms with E-state index in [9.17, 15) is 30.1 Å². The fourth-order valence-corrected chi connectivity index (χ4v) is 6.04. The first-order valence-corrected chi connectivity index (χ1v) is 20.3. The molecule has 0 unspecified atom stereocenters. The summed E-state index contributed by atoms with van der Waals surface area (Å²) in [5.41, 5.74) is 8.00. The highest BCUT2D eigenvalue weighted by molar-refractivity contribution is 5.89. The highest BCUT2D eigenvalue weighted by atomic mass is 16.8. The lowest BCUT2D eigenvalue weighted by molar-refractivity contribution is -0.358. The zero-order chi connectivity index (χ0) is 42.5. The molecule has 15 heteroatoms. The molecule has 2 rings (SSSR count). The fraction of sp³-hybridized carbons (Fsp3) is 0.738. The molecule has 57 heavy (non-hydrogen) atoms. The van der Waals surface area contributed by atoms with E-state index in [1.54, 1.807) is 78.0 Å². The third kappa shape index (κ3) is 19.4. The minimum atomic E-state index is -2.05. The molecule has 0 bridgehead atoms. The lowest BCUT2D eigenvalue weighted by atomic mass is 9.93. The van der Waals surface area contributed by atoms with Crippen LogP contribution in [0.25, 0.3) is 10.4 Å². The summed E-state index contributed by atoms with van der Waals surface area (Å²) in [5, 5.41) is 26.4. The molecule has 7 atom stereocenters. The Balaban J connectivity index is 2.21. The van der Waals surface area contributed by atoms with Gasteiger partial charge < -0.3 is 43.4 Å². The Morgan fingerprint density at radius 3 is 2.02 bits per heavy atom. The van der Waals surface area contributed by atoms with Crippen molar-refractivity contribution in [1.29, 1.82) is 0 Å². The van der Waals surface area contributed by atoms with Gasteiger partial charge in [-0.05, 0) is 85.0 Å². The zero-order valence-electron chi connectivity index (χ0n) is 35.2. The fourth-order valence-electron chi connectivity index (χ4n) is 6.04. The Bertz CT molecular complexity index is 1420. The molecule has 2 N–H and O–H groups in total. The number of hydrogen-bond acceptors (Lipinski definition) is 13. The van der Waals surface area contributed by atoms with Crippen LogP contribution in [0.4, 0.5) is 9.59 Å². The maximum absolute atomic E-state index is 13.2. The van der Waals surface area contributed by atoms with E-state index in [1.165, 1.54) is 58.3 Å². The van der Waals surface area contributed by atoms with Crippen molar-refractivity contribution in [3.8, 4) is 0 Å². The van der Waals surface area contributed by atoms with Crippen LogP contribution >= 0.6 is 0 Å². The molecule has 1 saturated heterocycles. The van der Waals surface area contributed by atoms with Crippen molar-refractivity contribution in [3.63, 3.8) is 0 Å². The van der Waals surface area contributed by atoms with Gasteiger partial charge in [0.15, 0.2) is 11.9 Å². The quantitative estimate of drug-likeness (QED) is 0.0202. The van der Waals surface area contributed by atoms with Crippen molar-refractivity contribution in [2.45, 2.75) is 186 Å². The van der Waals surface area contributed by atoms with Crippen molar-refractivity contribution in [1.82, 2.24) is 0 Å². The van der Waals surface area contributed by atoms with Gasteiger partial charge in [-0.2, -0.15) is 0 Å². The number of ether oxygens (including phenoxy) is 7. The van der Waals surface area contributed by atoms with Gasteiger partial charge in [0.25, 0.3) is 0 Å². The van der Waals surface area contributed by atoms with Gasteiger partial charge in [-0.1, -0.05) is 101 Å².